The molecule has 0 N–H and O–H groups in total. The molecule has 0 fully saturated rings. The number of amides is 2. The van der Waals surface area contributed by atoms with E-state index < -0.39 is 22.3 Å². The highest BCUT2D eigenvalue weighted by Crippen LogP contribution is 2.55. The molecule has 3 aromatic rings. The number of anilines is 1. The average Bonchev–Trinajstić information content (AvgIpc) is 2.97. The Hall–Kier alpha value is -3.12. The highest BCUT2D eigenvalue weighted by Gasteiger charge is 2.56. The summed E-state index contributed by atoms with van der Waals surface area (Å²) in [4.78, 5) is 29.3. The van der Waals surface area contributed by atoms with E-state index in [-0.39, 0.29) is 5.82 Å². The van der Waals surface area contributed by atoms with Gasteiger partial charge in [-0.15, -0.1) is 0 Å². The SMILES string of the molecule is Cc1cc(C)cc([C@@]2(Sc3ccc(F)cc3)C(=O)N(C(=O)OC(C)(C)C)c3ccccc32)c1. The Morgan fingerprint density at radius 3 is 2.18 bits per heavy atom. The number of hydrogen-bond acceptors (Lipinski definition) is 4. The van der Waals surface area contributed by atoms with E-state index in [1.54, 1.807) is 45.0 Å². The van der Waals surface area contributed by atoms with Crippen LogP contribution in [0.2, 0.25) is 0 Å². The third kappa shape index (κ3) is 4.27. The third-order valence-corrected chi connectivity index (χ3v) is 6.76. The minimum Gasteiger partial charge on any atom is -0.443 e. The lowest BCUT2D eigenvalue weighted by Crippen LogP contribution is -2.44. The van der Waals surface area contributed by atoms with E-state index in [1.165, 1.54) is 23.9 Å². The van der Waals surface area contributed by atoms with Crippen molar-refractivity contribution >= 4 is 29.4 Å². The molecule has 1 heterocycles. The maximum atomic E-state index is 14.2. The number of halogens is 1. The summed E-state index contributed by atoms with van der Waals surface area (Å²) in [5.74, 6) is -0.759. The van der Waals surface area contributed by atoms with Gasteiger partial charge in [0.2, 0.25) is 0 Å². The van der Waals surface area contributed by atoms with Crippen LogP contribution in [0.1, 0.15) is 43.0 Å². The topological polar surface area (TPSA) is 46.6 Å². The lowest BCUT2D eigenvalue weighted by molar-refractivity contribution is -0.119. The molecule has 1 aliphatic heterocycles. The van der Waals surface area contributed by atoms with Gasteiger partial charge < -0.3 is 4.74 Å². The second-order valence-corrected chi connectivity index (χ2v) is 10.5. The normalized spacial score (nSPS) is 17.8. The number of imide groups is 1. The molecule has 0 unspecified atom stereocenters. The summed E-state index contributed by atoms with van der Waals surface area (Å²) >= 11 is 1.30. The summed E-state index contributed by atoms with van der Waals surface area (Å²) in [5, 5.41) is 0. The molecule has 0 aromatic heterocycles. The molecule has 2 amide bonds. The summed E-state index contributed by atoms with van der Waals surface area (Å²) in [6, 6.07) is 19.3. The molecule has 3 aromatic carbocycles. The Balaban J connectivity index is 1.96. The molecular formula is C27H26FNO3S. The van der Waals surface area contributed by atoms with Gasteiger partial charge in [-0.05, 0) is 70.5 Å². The Bertz CT molecular complexity index is 1210. The van der Waals surface area contributed by atoms with Crippen LogP contribution in [0.25, 0.3) is 0 Å². The van der Waals surface area contributed by atoms with Crippen molar-refractivity contribution in [2.75, 3.05) is 4.90 Å². The minimum absolute atomic E-state index is 0.353. The van der Waals surface area contributed by atoms with E-state index in [9.17, 15) is 14.0 Å². The molecule has 0 bridgehead atoms. The number of rotatable bonds is 3. The summed E-state index contributed by atoms with van der Waals surface area (Å²) in [5.41, 5.74) is 3.19. The van der Waals surface area contributed by atoms with Gasteiger partial charge in [-0.1, -0.05) is 59.3 Å². The van der Waals surface area contributed by atoms with Gasteiger partial charge in [0, 0.05) is 10.5 Å². The predicted octanol–water partition coefficient (Wildman–Crippen LogP) is 6.76. The highest BCUT2D eigenvalue weighted by molar-refractivity contribution is 8.01. The molecule has 6 heteroatoms. The molecule has 1 atom stereocenters. The van der Waals surface area contributed by atoms with Crippen molar-refractivity contribution in [3.05, 3.63) is 94.8 Å². The van der Waals surface area contributed by atoms with Gasteiger partial charge in [-0.3, -0.25) is 4.79 Å². The number of para-hydroxylation sites is 1. The molecule has 0 aliphatic carbocycles. The first-order chi connectivity index (χ1) is 15.5. The van der Waals surface area contributed by atoms with E-state index in [0.717, 1.165) is 21.6 Å². The Kier molecular flexibility index (Phi) is 5.83. The fraction of sp³-hybridized carbons (Fsp3) is 0.259. The Labute approximate surface area is 197 Å². The number of nitrogens with zero attached hydrogens (tertiary/aromatic N) is 1. The summed E-state index contributed by atoms with van der Waals surface area (Å²) < 4.78 is 18.0. The number of carbonyl (C=O) groups is 2. The average molecular weight is 464 g/mol. The van der Waals surface area contributed by atoms with Crippen LogP contribution in [-0.4, -0.2) is 17.6 Å². The van der Waals surface area contributed by atoms with E-state index in [4.69, 9.17) is 4.74 Å². The van der Waals surface area contributed by atoms with Crippen molar-refractivity contribution in [2.24, 2.45) is 0 Å². The van der Waals surface area contributed by atoms with Crippen molar-refractivity contribution in [3.8, 4) is 0 Å². The second kappa shape index (κ2) is 8.34. The van der Waals surface area contributed by atoms with Crippen molar-refractivity contribution < 1.29 is 18.7 Å². The molecule has 0 radical (unpaired) electrons. The van der Waals surface area contributed by atoms with Crippen molar-refractivity contribution in [3.63, 3.8) is 0 Å². The number of benzene rings is 3. The number of ether oxygens (including phenoxy) is 1. The van der Waals surface area contributed by atoms with Crippen molar-refractivity contribution in [1.29, 1.82) is 0 Å². The lowest BCUT2D eigenvalue weighted by Gasteiger charge is -2.30. The number of aryl methyl sites for hydroxylation is 2. The lowest BCUT2D eigenvalue weighted by atomic mass is 9.89. The van der Waals surface area contributed by atoms with Crippen molar-refractivity contribution in [1.82, 2.24) is 0 Å². The fourth-order valence-electron chi connectivity index (χ4n) is 4.13. The molecular weight excluding hydrogens is 437 g/mol. The van der Waals surface area contributed by atoms with E-state index in [2.05, 4.69) is 0 Å². The zero-order chi connectivity index (χ0) is 24.0. The molecule has 0 saturated heterocycles. The Morgan fingerprint density at radius 1 is 0.970 bits per heavy atom. The minimum atomic E-state index is -1.23. The van der Waals surface area contributed by atoms with Gasteiger partial charge in [0.25, 0.3) is 5.91 Å². The molecule has 0 spiro atoms. The van der Waals surface area contributed by atoms with E-state index in [0.29, 0.717) is 16.1 Å². The molecule has 33 heavy (non-hydrogen) atoms. The monoisotopic (exact) mass is 463 g/mol. The Morgan fingerprint density at radius 2 is 1.58 bits per heavy atom. The van der Waals surface area contributed by atoms with Crippen LogP contribution in [0.4, 0.5) is 14.9 Å². The van der Waals surface area contributed by atoms with Gasteiger partial charge in [0.1, 0.15) is 11.4 Å². The zero-order valence-corrected chi connectivity index (χ0v) is 20.1. The van der Waals surface area contributed by atoms with Gasteiger partial charge in [0.15, 0.2) is 4.75 Å². The van der Waals surface area contributed by atoms with Gasteiger partial charge >= 0.3 is 6.09 Å². The largest absolute Gasteiger partial charge is 0.443 e. The first-order valence-corrected chi connectivity index (χ1v) is 11.5. The first-order valence-electron chi connectivity index (χ1n) is 10.7. The van der Waals surface area contributed by atoms with Crippen LogP contribution in [0, 0.1) is 19.7 Å². The summed E-state index contributed by atoms with van der Waals surface area (Å²) in [6.07, 6.45) is -0.717. The van der Waals surface area contributed by atoms with Gasteiger partial charge in [0.05, 0.1) is 5.69 Å². The van der Waals surface area contributed by atoms with Crippen LogP contribution in [0.5, 0.6) is 0 Å². The fourth-order valence-corrected chi connectivity index (χ4v) is 5.45. The second-order valence-electron chi connectivity index (χ2n) is 9.25. The zero-order valence-electron chi connectivity index (χ0n) is 19.3. The predicted molar refractivity (Wildman–Crippen MR) is 129 cm³/mol. The molecule has 4 rings (SSSR count). The van der Waals surface area contributed by atoms with Crippen LogP contribution in [0.15, 0.2) is 71.6 Å². The summed E-state index contributed by atoms with van der Waals surface area (Å²) in [6.45, 7) is 9.25. The smallest absolute Gasteiger partial charge is 0.421 e. The van der Waals surface area contributed by atoms with E-state index >= 15 is 0 Å². The van der Waals surface area contributed by atoms with Crippen LogP contribution >= 0.6 is 11.8 Å². The van der Waals surface area contributed by atoms with Crippen LogP contribution in [-0.2, 0) is 14.3 Å². The van der Waals surface area contributed by atoms with Crippen molar-refractivity contribution in [2.45, 2.75) is 49.9 Å². The van der Waals surface area contributed by atoms with Gasteiger partial charge in [-0.2, -0.15) is 0 Å². The molecule has 1 aliphatic rings. The van der Waals surface area contributed by atoms with Gasteiger partial charge in [-0.25, -0.2) is 14.1 Å². The standard InChI is InChI=1S/C27H26FNO3S/c1-17-14-18(2)16-19(15-17)27(33-21-12-10-20(28)11-13-21)22-8-6-7-9-23(22)29(24(27)30)25(31)32-26(3,4)5/h6-16H,1-5H3/t27-/m0/s1. The molecule has 0 saturated carbocycles. The summed E-state index contributed by atoms with van der Waals surface area (Å²) in [7, 11) is 0. The van der Waals surface area contributed by atoms with Crippen LogP contribution < -0.4 is 4.90 Å². The maximum Gasteiger partial charge on any atom is 0.421 e. The first kappa shape index (κ1) is 23.1. The number of thioether (sulfide) groups is 1. The third-order valence-electron chi connectivity index (χ3n) is 5.32. The van der Waals surface area contributed by atoms with Crippen LogP contribution in [0.3, 0.4) is 0 Å². The number of hydrogen-bond donors (Lipinski definition) is 0. The highest BCUT2D eigenvalue weighted by atomic mass is 32.2. The van der Waals surface area contributed by atoms with E-state index in [1.807, 2.05) is 44.2 Å². The molecule has 4 nitrogen and oxygen atoms in total. The maximum absolute atomic E-state index is 14.2. The quantitative estimate of drug-likeness (QED) is 0.431. The number of fused-ring (bicyclic) bond motifs is 1. The molecule has 170 valence electrons. The number of carbonyl (C=O) groups excluding carboxylic acids is 2.